The smallest absolute Gasteiger partial charge is 0.242 e. The number of nitrogen functional groups attached to an aromatic ring is 1. The van der Waals surface area contributed by atoms with Gasteiger partial charge in [0.05, 0.1) is 22.0 Å². The van der Waals surface area contributed by atoms with Gasteiger partial charge in [0.2, 0.25) is 5.91 Å². The van der Waals surface area contributed by atoms with Gasteiger partial charge in [-0.05, 0) is 35.2 Å². The Morgan fingerprint density at radius 1 is 1.56 bits per heavy atom. The normalized spacial score (nSPS) is 19.7. The zero-order chi connectivity index (χ0) is 13.1. The molecule has 1 amide bonds. The van der Waals surface area contributed by atoms with Crippen LogP contribution < -0.4 is 16.0 Å². The molecule has 5 nitrogen and oxygen atoms in total. The summed E-state index contributed by atoms with van der Waals surface area (Å²) in [5.41, 5.74) is 7.46. The number of nitrogens with one attached hydrogen (secondary N) is 1. The predicted molar refractivity (Wildman–Crippen MR) is 75.4 cm³/mol. The van der Waals surface area contributed by atoms with Crippen LogP contribution in [0.3, 0.4) is 0 Å². The van der Waals surface area contributed by atoms with Crippen molar-refractivity contribution in [2.45, 2.75) is 25.3 Å². The van der Waals surface area contributed by atoms with E-state index in [-0.39, 0.29) is 11.9 Å². The molecule has 0 aliphatic carbocycles. The summed E-state index contributed by atoms with van der Waals surface area (Å²) in [6.45, 7) is 0.838. The second-order valence-electron chi connectivity index (χ2n) is 4.38. The molecule has 3 N–H and O–H groups in total. The van der Waals surface area contributed by atoms with E-state index in [0.717, 1.165) is 36.0 Å². The highest BCUT2D eigenvalue weighted by atomic mass is 79.9. The third-order valence-electron chi connectivity index (χ3n) is 3.24. The molecule has 1 atom stereocenters. The molecule has 1 fully saturated rings. The summed E-state index contributed by atoms with van der Waals surface area (Å²) in [5.74, 6) is 0.0396. The van der Waals surface area contributed by atoms with Crippen molar-refractivity contribution in [3.05, 3.63) is 16.9 Å². The highest BCUT2D eigenvalue weighted by molar-refractivity contribution is 9.10. The van der Waals surface area contributed by atoms with Gasteiger partial charge >= 0.3 is 0 Å². The van der Waals surface area contributed by atoms with E-state index in [0.29, 0.717) is 5.69 Å². The number of hydrogen-bond donors (Lipinski definition) is 2. The maximum Gasteiger partial charge on any atom is 0.242 e. The predicted octanol–water partition coefficient (Wildman–Crippen LogP) is 1.53. The SMILES string of the molecule is CNC(=O)C1CCCCN1c1c(N)cncc1Br. The fourth-order valence-corrected chi connectivity index (χ4v) is 2.96. The molecule has 2 heterocycles. The van der Waals surface area contributed by atoms with Gasteiger partial charge in [0.15, 0.2) is 0 Å². The van der Waals surface area contributed by atoms with Crippen molar-refractivity contribution in [2.24, 2.45) is 0 Å². The van der Waals surface area contributed by atoms with Crippen LogP contribution in [0, 0.1) is 0 Å². The van der Waals surface area contributed by atoms with Crippen molar-refractivity contribution < 1.29 is 4.79 Å². The summed E-state index contributed by atoms with van der Waals surface area (Å²) < 4.78 is 0.832. The quantitative estimate of drug-likeness (QED) is 0.869. The Bertz CT molecular complexity index is 431. The van der Waals surface area contributed by atoms with Crippen molar-refractivity contribution in [2.75, 3.05) is 24.2 Å². The van der Waals surface area contributed by atoms with Gasteiger partial charge in [0.1, 0.15) is 6.04 Å². The van der Waals surface area contributed by atoms with Crippen molar-refractivity contribution >= 4 is 33.2 Å². The van der Waals surface area contributed by atoms with Crippen LogP contribution in [0.15, 0.2) is 16.9 Å². The van der Waals surface area contributed by atoms with Gasteiger partial charge in [-0.2, -0.15) is 0 Å². The minimum atomic E-state index is -0.148. The molecule has 18 heavy (non-hydrogen) atoms. The fourth-order valence-electron chi connectivity index (χ4n) is 2.38. The number of piperidine rings is 1. The average molecular weight is 313 g/mol. The van der Waals surface area contributed by atoms with Crippen molar-refractivity contribution in [3.63, 3.8) is 0 Å². The first-order valence-corrected chi connectivity index (χ1v) is 6.81. The van der Waals surface area contributed by atoms with Crippen LogP contribution in [0.1, 0.15) is 19.3 Å². The Kier molecular flexibility index (Phi) is 4.06. The second-order valence-corrected chi connectivity index (χ2v) is 5.23. The second kappa shape index (κ2) is 5.56. The Morgan fingerprint density at radius 3 is 3.00 bits per heavy atom. The average Bonchev–Trinajstić information content (AvgIpc) is 2.38. The van der Waals surface area contributed by atoms with Crippen LogP contribution in [0.4, 0.5) is 11.4 Å². The minimum absolute atomic E-state index is 0.0396. The molecule has 1 aliphatic heterocycles. The molecule has 0 spiro atoms. The zero-order valence-corrected chi connectivity index (χ0v) is 11.9. The molecule has 1 unspecified atom stereocenters. The summed E-state index contributed by atoms with van der Waals surface area (Å²) in [7, 11) is 1.67. The minimum Gasteiger partial charge on any atom is -0.396 e. The highest BCUT2D eigenvalue weighted by Crippen LogP contribution is 2.35. The molecule has 6 heteroatoms. The number of pyridine rings is 1. The molecule has 1 aromatic heterocycles. The van der Waals surface area contributed by atoms with Gasteiger partial charge in [-0.3, -0.25) is 9.78 Å². The highest BCUT2D eigenvalue weighted by Gasteiger charge is 2.30. The third kappa shape index (κ3) is 2.43. The molecule has 0 bridgehead atoms. The number of nitrogens with zero attached hydrogens (tertiary/aromatic N) is 2. The van der Waals surface area contributed by atoms with Crippen LogP contribution >= 0.6 is 15.9 Å². The number of halogens is 1. The van der Waals surface area contributed by atoms with Crippen LogP contribution in [-0.4, -0.2) is 30.5 Å². The van der Waals surface area contributed by atoms with E-state index in [9.17, 15) is 4.79 Å². The molecule has 0 radical (unpaired) electrons. The van der Waals surface area contributed by atoms with Crippen LogP contribution in [-0.2, 0) is 4.79 Å². The topological polar surface area (TPSA) is 71.2 Å². The lowest BCUT2D eigenvalue weighted by atomic mass is 10.0. The third-order valence-corrected chi connectivity index (χ3v) is 3.82. The van der Waals surface area contributed by atoms with Crippen LogP contribution in [0.5, 0.6) is 0 Å². The Balaban J connectivity index is 2.37. The van der Waals surface area contributed by atoms with E-state index in [1.54, 1.807) is 19.4 Å². The zero-order valence-electron chi connectivity index (χ0n) is 10.3. The lowest BCUT2D eigenvalue weighted by Gasteiger charge is -2.37. The van der Waals surface area contributed by atoms with E-state index in [1.807, 2.05) is 0 Å². The number of rotatable bonds is 2. The first-order valence-electron chi connectivity index (χ1n) is 6.02. The molecular formula is C12H17BrN4O. The molecular weight excluding hydrogens is 296 g/mol. The van der Waals surface area contributed by atoms with Crippen molar-refractivity contribution in [1.82, 2.24) is 10.3 Å². The molecule has 1 aliphatic rings. The van der Waals surface area contributed by atoms with E-state index in [4.69, 9.17) is 5.73 Å². The molecule has 0 saturated carbocycles. The van der Waals surface area contributed by atoms with E-state index < -0.39 is 0 Å². The van der Waals surface area contributed by atoms with Crippen molar-refractivity contribution in [3.8, 4) is 0 Å². The number of carbonyl (C=O) groups is 1. The summed E-state index contributed by atoms with van der Waals surface area (Å²) in [4.78, 5) is 18.1. The summed E-state index contributed by atoms with van der Waals surface area (Å²) >= 11 is 3.47. The van der Waals surface area contributed by atoms with E-state index in [2.05, 4.69) is 31.1 Å². The molecule has 2 rings (SSSR count). The van der Waals surface area contributed by atoms with Gasteiger partial charge in [-0.15, -0.1) is 0 Å². The summed E-state index contributed by atoms with van der Waals surface area (Å²) in [6, 6.07) is -0.148. The Hall–Kier alpha value is -1.30. The molecule has 1 saturated heterocycles. The van der Waals surface area contributed by atoms with Gasteiger partial charge in [0, 0.05) is 19.8 Å². The number of nitrogens with two attached hydrogens (primary N) is 1. The number of carbonyl (C=O) groups excluding carboxylic acids is 1. The van der Waals surface area contributed by atoms with Crippen LogP contribution in [0.2, 0.25) is 0 Å². The van der Waals surface area contributed by atoms with E-state index in [1.165, 1.54) is 0 Å². The number of likely N-dealkylation sites (N-methyl/N-ethyl adjacent to an activating group) is 1. The standard InChI is InChI=1S/C12H17BrN4O/c1-15-12(18)10-4-2-3-5-17(10)11-8(13)6-16-7-9(11)14/h6-7,10H,2-5,14H2,1H3,(H,15,18). The van der Waals surface area contributed by atoms with Gasteiger partial charge < -0.3 is 16.0 Å². The Labute approximate surface area is 115 Å². The molecule has 98 valence electrons. The fraction of sp³-hybridized carbons (Fsp3) is 0.500. The summed E-state index contributed by atoms with van der Waals surface area (Å²) in [5, 5.41) is 2.72. The monoisotopic (exact) mass is 312 g/mol. The largest absolute Gasteiger partial charge is 0.396 e. The van der Waals surface area contributed by atoms with Gasteiger partial charge in [-0.25, -0.2) is 0 Å². The molecule has 1 aromatic rings. The van der Waals surface area contributed by atoms with E-state index >= 15 is 0 Å². The maximum absolute atomic E-state index is 11.9. The number of aromatic nitrogens is 1. The lowest BCUT2D eigenvalue weighted by Crippen LogP contribution is -2.49. The first-order chi connectivity index (χ1) is 8.65. The first kappa shape index (κ1) is 13.1. The van der Waals surface area contributed by atoms with Gasteiger partial charge in [0.25, 0.3) is 0 Å². The molecule has 0 aromatic carbocycles. The number of hydrogen-bond acceptors (Lipinski definition) is 4. The lowest BCUT2D eigenvalue weighted by molar-refractivity contribution is -0.122. The Morgan fingerprint density at radius 2 is 2.33 bits per heavy atom. The number of amides is 1. The number of anilines is 2. The van der Waals surface area contributed by atoms with Crippen LogP contribution in [0.25, 0.3) is 0 Å². The maximum atomic E-state index is 11.9. The summed E-state index contributed by atoms with van der Waals surface area (Å²) in [6.07, 6.45) is 6.32. The van der Waals surface area contributed by atoms with Crippen molar-refractivity contribution in [1.29, 1.82) is 0 Å². The van der Waals surface area contributed by atoms with Gasteiger partial charge in [-0.1, -0.05) is 0 Å².